The summed E-state index contributed by atoms with van der Waals surface area (Å²) in [6.45, 7) is 3.98. The zero-order chi connectivity index (χ0) is 20.8. The number of nitrogens with zero attached hydrogens (tertiary/aromatic N) is 3. The maximum atomic E-state index is 13.8. The maximum Gasteiger partial charge on any atom is 0.238 e. The number of rotatable bonds is 8. The number of carbonyl (C=O) groups excluding carboxylic acids is 1. The summed E-state index contributed by atoms with van der Waals surface area (Å²) in [4.78, 5) is 13.8. The Morgan fingerprint density at radius 1 is 1.17 bits per heavy atom. The predicted molar refractivity (Wildman–Crippen MR) is 117 cm³/mol. The third-order valence-electron chi connectivity index (χ3n) is 4.36. The van der Waals surface area contributed by atoms with E-state index in [1.54, 1.807) is 30.0 Å². The van der Waals surface area contributed by atoms with Gasteiger partial charge in [0, 0.05) is 11.9 Å². The van der Waals surface area contributed by atoms with E-state index in [2.05, 4.69) is 46.7 Å². The number of nitrogens with one attached hydrogen (secondary N) is 1. The summed E-state index contributed by atoms with van der Waals surface area (Å²) in [7, 11) is 1.90. The quantitative estimate of drug-likeness (QED) is 0.506. The molecule has 1 aromatic heterocycles. The molecule has 1 atom stereocenters. The van der Waals surface area contributed by atoms with E-state index >= 15 is 0 Å². The van der Waals surface area contributed by atoms with Gasteiger partial charge in [-0.05, 0) is 37.6 Å². The van der Waals surface area contributed by atoms with Crippen LogP contribution in [0.3, 0.4) is 0 Å². The van der Waals surface area contributed by atoms with Crippen molar-refractivity contribution in [3.05, 3.63) is 65.7 Å². The maximum absolute atomic E-state index is 13.8. The van der Waals surface area contributed by atoms with E-state index in [1.165, 1.54) is 28.3 Å². The molecule has 152 valence electrons. The zero-order valence-electron chi connectivity index (χ0n) is 16.6. The summed E-state index contributed by atoms with van der Waals surface area (Å²) in [5.74, 6) is 0.823. The summed E-state index contributed by atoms with van der Waals surface area (Å²) < 4.78 is 15.7. The summed E-state index contributed by atoms with van der Waals surface area (Å²) >= 11 is 3.03. The van der Waals surface area contributed by atoms with Crippen molar-refractivity contribution >= 4 is 35.1 Å². The predicted octanol–water partition coefficient (Wildman–Crippen LogP) is 5.06. The average Bonchev–Trinajstić information content (AvgIpc) is 3.06. The summed E-state index contributed by atoms with van der Waals surface area (Å²) in [5.41, 5.74) is 1.41. The third kappa shape index (κ3) is 5.61. The zero-order valence-corrected chi connectivity index (χ0v) is 18.2. The molecule has 29 heavy (non-hydrogen) atoms. The summed E-state index contributed by atoms with van der Waals surface area (Å²) in [6.07, 6.45) is 0.589. The summed E-state index contributed by atoms with van der Waals surface area (Å²) in [6, 6.07) is 14.5. The minimum absolute atomic E-state index is 0.185. The fraction of sp³-hybridized carbons (Fsp3) is 0.286. The highest BCUT2D eigenvalue weighted by Gasteiger charge is 2.22. The number of thioether (sulfide) groups is 2. The van der Waals surface area contributed by atoms with Gasteiger partial charge < -0.3 is 9.88 Å². The molecule has 1 N–H and O–H groups in total. The summed E-state index contributed by atoms with van der Waals surface area (Å²) in [5, 5.41) is 11.5. The molecule has 0 saturated carbocycles. The van der Waals surface area contributed by atoms with Crippen molar-refractivity contribution in [1.29, 1.82) is 0 Å². The van der Waals surface area contributed by atoms with Crippen molar-refractivity contribution in [2.45, 2.75) is 41.3 Å². The van der Waals surface area contributed by atoms with Gasteiger partial charge in [-0.25, -0.2) is 4.39 Å². The molecule has 0 bridgehead atoms. The fourth-order valence-corrected chi connectivity index (χ4v) is 4.40. The standard InChI is InChI=1S/C21H23FN4OS2/c1-4-18(20(27)23-17-8-6-5-7-16(17)22)29-21-25-24-19(26(21)3)13-28-15-11-9-14(2)10-12-15/h5-12,18H,4,13H2,1-3H3,(H,23,27). The molecule has 5 nitrogen and oxygen atoms in total. The Bertz CT molecular complexity index is 975. The van der Waals surface area contributed by atoms with E-state index in [0.717, 1.165) is 5.82 Å². The second-order valence-electron chi connectivity index (χ2n) is 6.54. The molecule has 0 radical (unpaired) electrons. The lowest BCUT2D eigenvalue weighted by Crippen LogP contribution is -2.25. The number of carbonyl (C=O) groups is 1. The third-order valence-corrected chi connectivity index (χ3v) is 6.76. The molecule has 1 heterocycles. The highest BCUT2D eigenvalue weighted by Crippen LogP contribution is 2.28. The highest BCUT2D eigenvalue weighted by atomic mass is 32.2. The molecule has 8 heteroatoms. The lowest BCUT2D eigenvalue weighted by molar-refractivity contribution is -0.115. The van der Waals surface area contributed by atoms with Gasteiger partial charge in [0.1, 0.15) is 11.6 Å². The van der Waals surface area contributed by atoms with Crippen LogP contribution in [0.5, 0.6) is 0 Å². The van der Waals surface area contributed by atoms with Gasteiger partial charge in [-0.2, -0.15) is 0 Å². The van der Waals surface area contributed by atoms with Crippen LogP contribution in [0.15, 0.2) is 58.6 Å². The number of para-hydroxylation sites is 1. The monoisotopic (exact) mass is 430 g/mol. The van der Waals surface area contributed by atoms with Crippen LogP contribution in [0.1, 0.15) is 24.7 Å². The first-order chi connectivity index (χ1) is 14.0. The Morgan fingerprint density at radius 2 is 1.90 bits per heavy atom. The van der Waals surface area contributed by atoms with Crippen molar-refractivity contribution in [3.63, 3.8) is 0 Å². The first-order valence-corrected chi connectivity index (χ1v) is 11.1. The molecule has 0 spiro atoms. The Morgan fingerprint density at radius 3 is 2.59 bits per heavy atom. The highest BCUT2D eigenvalue weighted by molar-refractivity contribution is 8.00. The van der Waals surface area contributed by atoms with Gasteiger partial charge in [-0.3, -0.25) is 4.79 Å². The van der Waals surface area contributed by atoms with Crippen LogP contribution in [0, 0.1) is 12.7 Å². The van der Waals surface area contributed by atoms with E-state index in [1.807, 2.05) is 18.5 Å². The SMILES string of the molecule is CCC(Sc1nnc(CSc2ccc(C)cc2)n1C)C(=O)Nc1ccccc1F. The number of anilines is 1. The lowest BCUT2D eigenvalue weighted by atomic mass is 10.2. The molecule has 1 unspecified atom stereocenters. The first-order valence-electron chi connectivity index (χ1n) is 9.27. The molecular formula is C21H23FN4OS2. The number of halogens is 1. The van der Waals surface area contributed by atoms with Crippen molar-refractivity contribution < 1.29 is 9.18 Å². The average molecular weight is 431 g/mol. The number of hydrogen-bond acceptors (Lipinski definition) is 5. The van der Waals surface area contributed by atoms with Gasteiger partial charge in [-0.15, -0.1) is 22.0 Å². The van der Waals surface area contributed by atoms with Gasteiger partial charge in [-0.1, -0.05) is 48.5 Å². The van der Waals surface area contributed by atoms with Crippen LogP contribution < -0.4 is 5.32 Å². The van der Waals surface area contributed by atoms with E-state index < -0.39 is 11.1 Å². The molecule has 1 amide bonds. The number of hydrogen-bond donors (Lipinski definition) is 1. The van der Waals surface area contributed by atoms with Gasteiger partial charge in [0.15, 0.2) is 5.16 Å². The normalized spacial score (nSPS) is 12.0. The molecule has 3 rings (SSSR count). The van der Waals surface area contributed by atoms with Crippen molar-refractivity contribution in [1.82, 2.24) is 14.8 Å². The van der Waals surface area contributed by atoms with Crippen LogP contribution >= 0.6 is 23.5 Å². The van der Waals surface area contributed by atoms with Crippen molar-refractivity contribution in [3.8, 4) is 0 Å². The van der Waals surface area contributed by atoms with E-state index in [4.69, 9.17) is 0 Å². The second-order valence-corrected chi connectivity index (χ2v) is 8.76. The van der Waals surface area contributed by atoms with Crippen LogP contribution in [-0.2, 0) is 17.6 Å². The fourth-order valence-electron chi connectivity index (χ4n) is 2.58. The molecule has 3 aromatic rings. The largest absolute Gasteiger partial charge is 0.323 e. The first kappa shape index (κ1) is 21.4. The number of amides is 1. The molecule has 0 aliphatic carbocycles. The van der Waals surface area contributed by atoms with Crippen LogP contribution in [0.25, 0.3) is 0 Å². The Balaban J connectivity index is 1.63. The lowest BCUT2D eigenvalue weighted by Gasteiger charge is -2.14. The van der Waals surface area contributed by atoms with Crippen LogP contribution in [0.2, 0.25) is 0 Å². The van der Waals surface area contributed by atoms with Crippen molar-refractivity contribution in [2.24, 2.45) is 7.05 Å². The molecule has 0 saturated heterocycles. The van der Waals surface area contributed by atoms with Gasteiger partial charge in [0.25, 0.3) is 0 Å². The molecule has 0 aliphatic rings. The topological polar surface area (TPSA) is 59.8 Å². The number of benzene rings is 2. The molecular weight excluding hydrogens is 407 g/mol. The minimum Gasteiger partial charge on any atom is -0.323 e. The second kappa shape index (κ2) is 9.93. The molecule has 0 fully saturated rings. The minimum atomic E-state index is -0.449. The smallest absolute Gasteiger partial charge is 0.238 e. The Kier molecular flexibility index (Phi) is 7.33. The molecule has 0 aliphatic heterocycles. The van der Waals surface area contributed by atoms with Crippen LogP contribution in [-0.4, -0.2) is 25.9 Å². The van der Waals surface area contributed by atoms with Crippen molar-refractivity contribution in [2.75, 3.05) is 5.32 Å². The van der Waals surface area contributed by atoms with Gasteiger partial charge >= 0.3 is 0 Å². The molecule has 2 aromatic carbocycles. The number of aryl methyl sites for hydroxylation is 1. The van der Waals surface area contributed by atoms with Crippen LogP contribution in [0.4, 0.5) is 10.1 Å². The number of aromatic nitrogens is 3. The van der Waals surface area contributed by atoms with Gasteiger partial charge in [0.05, 0.1) is 16.7 Å². The Labute approximate surface area is 178 Å². The van der Waals surface area contributed by atoms with E-state index in [9.17, 15) is 9.18 Å². The van der Waals surface area contributed by atoms with Gasteiger partial charge in [0.2, 0.25) is 5.91 Å². The van der Waals surface area contributed by atoms with E-state index in [0.29, 0.717) is 17.3 Å². The Hall–Kier alpha value is -2.32. The van der Waals surface area contributed by atoms with E-state index in [-0.39, 0.29) is 11.6 Å².